The number of rotatable bonds is 9. The van der Waals surface area contributed by atoms with Gasteiger partial charge < -0.3 is 14.7 Å². The molecule has 0 bridgehead atoms. The number of carboxylic acids is 1. The van der Waals surface area contributed by atoms with Gasteiger partial charge in [-0.25, -0.2) is 0 Å². The molecule has 0 saturated carbocycles. The van der Waals surface area contributed by atoms with E-state index in [0.717, 1.165) is 38.8 Å². The first kappa shape index (κ1) is 22.4. The largest absolute Gasteiger partial charge is 0.481 e. The zero-order valence-electron chi connectivity index (χ0n) is 16.3. The van der Waals surface area contributed by atoms with E-state index in [4.69, 9.17) is 9.84 Å². The lowest BCUT2D eigenvalue weighted by molar-refractivity contribution is -0.143. The monoisotopic (exact) mass is 403 g/mol. The molecule has 2 aromatic carbocycles. The summed E-state index contributed by atoms with van der Waals surface area (Å²) in [7, 11) is 0. The predicted octanol–water partition coefficient (Wildman–Crippen LogP) is 4.05. The molecular formula is C23H30ClNO3. The summed E-state index contributed by atoms with van der Waals surface area (Å²) in [4.78, 5) is 13.4. The number of aliphatic carboxylic acids is 1. The van der Waals surface area contributed by atoms with E-state index in [2.05, 4.69) is 53.4 Å². The Labute approximate surface area is 173 Å². The highest BCUT2D eigenvalue weighted by Gasteiger charge is 2.24. The second kappa shape index (κ2) is 11.8. The van der Waals surface area contributed by atoms with Crippen molar-refractivity contribution in [2.45, 2.75) is 25.7 Å². The number of nitrogens with zero attached hydrogens (tertiary/aromatic N) is 1. The number of halogens is 1. The number of ether oxygens (including phenoxy) is 1. The van der Waals surface area contributed by atoms with Crippen molar-refractivity contribution in [3.8, 4) is 0 Å². The minimum atomic E-state index is -0.671. The van der Waals surface area contributed by atoms with E-state index >= 15 is 0 Å². The van der Waals surface area contributed by atoms with Crippen molar-refractivity contribution in [1.82, 2.24) is 4.90 Å². The summed E-state index contributed by atoms with van der Waals surface area (Å²) in [5.41, 5.74) is 4.02. The van der Waals surface area contributed by atoms with Crippen LogP contribution < -0.4 is 0 Å². The smallest absolute Gasteiger partial charge is 0.307 e. The zero-order valence-corrected chi connectivity index (χ0v) is 17.1. The molecule has 0 radical (unpaired) electrons. The summed E-state index contributed by atoms with van der Waals surface area (Å²) in [6.45, 7) is 3.80. The van der Waals surface area contributed by atoms with E-state index in [1.54, 1.807) is 0 Å². The van der Waals surface area contributed by atoms with Crippen LogP contribution in [0.2, 0.25) is 0 Å². The second-order valence-corrected chi connectivity index (χ2v) is 7.27. The molecule has 1 aliphatic heterocycles. The molecule has 152 valence electrons. The summed E-state index contributed by atoms with van der Waals surface area (Å²) < 4.78 is 5.85. The van der Waals surface area contributed by atoms with E-state index in [0.29, 0.717) is 19.8 Å². The summed E-state index contributed by atoms with van der Waals surface area (Å²) in [6, 6.07) is 19.1. The minimum absolute atomic E-state index is 0. The Hall–Kier alpha value is -1.88. The van der Waals surface area contributed by atoms with Gasteiger partial charge in [-0.1, -0.05) is 54.6 Å². The van der Waals surface area contributed by atoms with Crippen LogP contribution in [0.5, 0.6) is 0 Å². The molecule has 1 saturated heterocycles. The number of carbonyl (C=O) groups is 1. The van der Waals surface area contributed by atoms with Gasteiger partial charge in [-0.05, 0) is 48.9 Å². The zero-order chi connectivity index (χ0) is 18.9. The van der Waals surface area contributed by atoms with Crippen LogP contribution in [0.25, 0.3) is 0 Å². The summed E-state index contributed by atoms with van der Waals surface area (Å²) in [5, 5.41) is 9.17. The molecule has 28 heavy (non-hydrogen) atoms. The Morgan fingerprint density at radius 3 is 2.50 bits per heavy atom. The second-order valence-electron chi connectivity index (χ2n) is 7.27. The average molecular weight is 404 g/mol. The SMILES string of the molecule is Cl.O=C(O)C1CCCN(CCOCCc2ccccc2Cc2ccccc2)C1. The molecule has 0 amide bonds. The number of hydrogen-bond acceptors (Lipinski definition) is 3. The van der Waals surface area contributed by atoms with Crippen LogP contribution in [-0.4, -0.2) is 48.8 Å². The number of hydrogen-bond donors (Lipinski definition) is 1. The standard InChI is InChI=1S/C23H29NO3.ClH/c25-23(26)22-11-6-13-24(18-22)14-16-27-15-12-20-9-4-5-10-21(20)17-19-7-2-1-3-8-19;/h1-5,7-10,22H,6,11-18H2,(H,25,26);1H. The molecule has 3 rings (SSSR count). The predicted molar refractivity (Wildman–Crippen MR) is 114 cm³/mol. The van der Waals surface area contributed by atoms with Crippen molar-refractivity contribution in [1.29, 1.82) is 0 Å². The highest BCUT2D eigenvalue weighted by molar-refractivity contribution is 5.85. The van der Waals surface area contributed by atoms with Gasteiger partial charge in [0.15, 0.2) is 0 Å². The van der Waals surface area contributed by atoms with Gasteiger partial charge in [0.1, 0.15) is 0 Å². The molecule has 1 fully saturated rings. The third-order valence-corrected chi connectivity index (χ3v) is 5.28. The number of carboxylic acid groups (broad SMARTS) is 1. The molecule has 1 aliphatic rings. The first-order chi connectivity index (χ1) is 13.2. The van der Waals surface area contributed by atoms with E-state index in [1.165, 1.54) is 16.7 Å². The minimum Gasteiger partial charge on any atom is -0.481 e. The average Bonchev–Trinajstić information content (AvgIpc) is 2.70. The lowest BCUT2D eigenvalue weighted by Gasteiger charge is -2.30. The van der Waals surface area contributed by atoms with Crippen LogP contribution in [0.4, 0.5) is 0 Å². The van der Waals surface area contributed by atoms with Gasteiger partial charge in [0.25, 0.3) is 0 Å². The lowest BCUT2D eigenvalue weighted by atomic mass is 9.98. The van der Waals surface area contributed by atoms with Gasteiger partial charge in [0.2, 0.25) is 0 Å². The Morgan fingerprint density at radius 2 is 1.75 bits per heavy atom. The number of piperidine rings is 1. The maximum absolute atomic E-state index is 11.1. The summed E-state index contributed by atoms with van der Waals surface area (Å²) >= 11 is 0. The molecule has 1 N–H and O–H groups in total. The number of likely N-dealkylation sites (tertiary alicyclic amines) is 1. The van der Waals surface area contributed by atoms with E-state index < -0.39 is 5.97 Å². The van der Waals surface area contributed by atoms with E-state index in [1.807, 2.05) is 6.07 Å². The fraction of sp³-hybridized carbons (Fsp3) is 0.435. The highest BCUT2D eigenvalue weighted by atomic mass is 35.5. The fourth-order valence-corrected chi connectivity index (χ4v) is 3.73. The lowest BCUT2D eigenvalue weighted by Crippen LogP contribution is -2.40. The van der Waals surface area contributed by atoms with Crippen LogP contribution in [-0.2, 0) is 22.4 Å². The maximum Gasteiger partial charge on any atom is 0.307 e. The molecule has 0 aliphatic carbocycles. The number of benzene rings is 2. The molecule has 1 atom stereocenters. The fourth-order valence-electron chi connectivity index (χ4n) is 3.73. The van der Waals surface area contributed by atoms with Crippen molar-refractivity contribution >= 4 is 18.4 Å². The molecule has 4 nitrogen and oxygen atoms in total. The quantitative estimate of drug-likeness (QED) is 0.641. The summed E-state index contributed by atoms with van der Waals surface area (Å²) in [6.07, 6.45) is 3.61. The highest BCUT2D eigenvalue weighted by Crippen LogP contribution is 2.17. The maximum atomic E-state index is 11.1. The normalized spacial score (nSPS) is 17.1. The Bertz CT molecular complexity index is 723. The Balaban J connectivity index is 0.00000280. The van der Waals surface area contributed by atoms with Crippen molar-refractivity contribution in [2.75, 3.05) is 32.8 Å². The Morgan fingerprint density at radius 1 is 1.04 bits per heavy atom. The molecular weight excluding hydrogens is 374 g/mol. The van der Waals surface area contributed by atoms with Gasteiger partial charge in [-0.15, -0.1) is 12.4 Å². The van der Waals surface area contributed by atoms with Gasteiger partial charge in [-0.3, -0.25) is 4.79 Å². The van der Waals surface area contributed by atoms with Crippen molar-refractivity contribution in [3.05, 3.63) is 71.3 Å². The van der Waals surface area contributed by atoms with Crippen molar-refractivity contribution in [3.63, 3.8) is 0 Å². The molecule has 0 aromatic heterocycles. The van der Waals surface area contributed by atoms with Crippen LogP contribution >= 0.6 is 12.4 Å². The molecule has 2 aromatic rings. The first-order valence-corrected chi connectivity index (χ1v) is 9.86. The van der Waals surface area contributed by atoms with Gasteiger partial charge in [0, 0.05) is 13.1 Å². The van der Waals surface area contributed by atoms with Gasteiger partial charge in [-0.2, -0.15) is 0 Å². The van der Waals surface area contributed by atoms with Crippen molar-refractivity contribution in [2.24, 2.45) is 5.92 Å². The topological polar surface area (TPSA) is 49.8 Å². The van der Waals surface area contributed by atoms with E-state index in [9.17, 15) is 4.79 Å². The molecule has 1 heterocycles. The Kier molecular flexibility index (Phi) is 9.48. The van der Waals surface area contributed by atoms with Crippen LogP contribution in [0.15, 0.2) is 54.6 Å². The third kappa shape index (κ3) is 6.93. The van der Waals surface area contributed by atoms with E-state index in [-0.39, 0.29) is 18.3 Å². The van der Waals surface area contributed by atoms with Crippen LogP contribution in [0.1, 0.15) is 29.5 Å². The van der Waals surface area contributed by atoms with Crippen molar-refractivity contribution < 1.29 is 14.6 Å². The van der Waals surface area contributed by atoms with Crippen LogP contribution in [0.3, 0.4) is 0 Å². The molecule has 1 unspecified atom stereocenters. The van der Waals surface area contributed by atoms with Gasteiger partial charge >= 0.3 is 5.97 Å². The molecule has 0 spiro atoms. The summed E-state index contributed by atoms with van der Waals surface area (Å²) in [5.74, 6) is -0.890. The molecule has 5 heteroatoms. The van der Waals surface area contributed by atoms with Crippen LogP contribution in [0, 0.1) is 5.92 Å². The third-order valence-electron chi connectivity index (χ3n) is 5.28. The van der Waals surface area contributed by atoms with Gasteiger partial charge in [0.05, 0.1) is 19.1 Å². The first-order valence-electron chi connectivity index (χ1n) is 9.86.